The molecule has 0 spiro atoms. The fraction of sp³-hybridized carbons (Fsp3) is 0.448. The number of nitrogens with zero attached hydrogens (tertiary/aromatic N) is 2. The Bertz CT molecular complexity index is 1010. The van der Waals surface area contributed by atoms with Crippen LogP contribution in [0.25, 0.3) is 0 Å². The van der Waals surface area contributed by atoms with Gasteiger partial charge in [0.25, 0.3) is 0 Å². The Hall–Kier alpha value is -2.37. The molecule has 0 saturated heterocycles. The molecule has 186 valence electrons. The molecule has 2 aromatic carbocycles. The highest BCUT2D eigenvalue weighted by Crippen LogP contribution is 2.71. The van der Waals surface area contributed by atoms with Gasteiger partial charge in [0.15, 0.2) is 5.78 Å². The van der Waals surface area contributed by atoms with Gasteiger partial charge < -0.3 is 4.18 Å². The van der Waals surface area contributed by atoms with Gasteiger partial charge in [-0.2, -0.15) is 5.10 Å². The van der Waals surface area contributed by atoms with Gasteiger partial charge >= 0.3 is 0 Å². The van der Waals surface area contributed by atoms with E-state index in [-0.39, 0.29) is 23.7 Å². The summed E-state index contributed by atoms with van der Waals surface area (Å²) < 4.78 is 8.34. The lowest BCUT2D eigenvalue weighted by Gasteiger charge is -2.50. The van der Waals surface area contributed by atoms with Crippen LogP contribution in [0.15, 0.2) is 70.5 Å². The van der Waals surface area contributed by atoms with Crippen LogP contribution in [0.3, 0.4) is 0 Å². The molecule has 0 fully saturated rings. The standard InChI is InChI=1S/C27H36N2O2S.C2H6/c1-20(2)26-21(3)28-29(22(26)4)18-23(30)19-31-32(27(5,6)7,24-14-10-8-11-15-24)25-16-12-9-13-17-25;1-2/h8-17,20H,18-19H2,1-7H3;1-2H3. The van der Waals surface area contributed by atoms with E-state index in [1.807, 2.05) is 68.8 Å². The Morgan fingerprint density at radius 3 is 1.79 bits per heavy atom. The number of carbonyl (C=O) groups excluding carboxylic acids is 1. The van der Waals surface area contributed by atoms with Crippen molar-refractivity contribution in [1.82, 2.24) is 9.78 Å². The first-order chi connectivity index (χ1) is 16.1. The molecule has 1 aromatic heterocycles. The van der Waals surface area contributed by atoms with Crippen molar-refractivity contribution < 1.29 is 8.98 Å². The van der Waals surface area contributed by atoms with Gasteiger partial charge in [-0.05, 0) is 70.4 Å². The van der Waals surface area contributed by atoms with Crippen LogP contribution < -0.4 is 0 Å². The summed E-state index contributed by atoms with van der Waals surface area (Å²) in [4.78, 5) is 15.4. The zero-order valence-electron chi connectivity index (χ0n) is 22.4. The summed E-state index contributed by atoms with van der Waals surface area (Å²) in [6, 6.07) is 20.7. The number of rotatable bonds is 8. The van der Waals surface area contributed by atoms with Crippen LogP contribution in [0.4, 0.5) is 0 Å². The monoisotopic (exact) mass is 482 g/mol. The molecule has 0 aliphatic heterocycles. The van der Waals surface area contributed by atoms with Gasteiger partial charge in [0.1, 0.15) is 13.2 Å². The molecule has 34 heavy (non-hydrogen) atoms. The minimum absolute atomic E-state index is 0.0268. The first-order valence-corrected chi connectivity index (χ1v) is 13.8. The lowest BCUT2D eigenvalue weighted by Crippen LogP contribution is -2.30. The van der Waals surface area contributed by atoms with Crippen LogP contribution in [0.5, 0.6) is 0 Å². The molecular formula is C29H42N2O2S. The molecule has 0 aliphatic carbocycles. The SMILES string of the molecule is CC.Cc1nn(CC(=O)COS(c2ccccc2)(c2ccccc2)C(C)(C)C)c(C)c1C(C)C. The second kappa shape index (κ2) is 11.9. The Morgan fingerprint density at radius 2 is 1.41 bits per heavy atom. The van der Waals surface area contributed by atoms with E-state index in [1.54, 1.807) is 0 Å². The molecule has 0 unspecified atom stereocenters. The van der Waals surface area contributed by atoms with E-state index >= 15 is 0 Å². The maximum Gasteiger partial charge on any atom is 0.181 e. The Labute approximate surface area is 208 Å². The van der Waals surface area contributed by atoms with E-state index in [9.17, 15) is 4.79 Å². The Balaban J connectivity index is 0.00000199. The summed E-state index contributed by atoms with van der Waals surface area (Å²) in [7, 11) is -1.93. The number of aromatic nitrogens is 2. The fourth-order valence-electron chi connectivity index (χ4n) is 4.45. The minimum atomic E-state index is -1.93. The van der Waals surface area contributed by atoms with Crippen molar-refractivity contribution in [1.29, 1.82) is 0 Å². The summed E-state index contributed by atoms with van der Waals surface area (Å²) >= 11 is 0. The van der Waals surface area contributed by atoms with Crippen molar-refractivity contribution in [2.45, 2.75) is 89.3 Å². The lowest BCUT2D eigenvalue weighted by molar-refractivity contribution is -0.121. The zero-order chi connectivity index (χ0) is 25.5. The van der Waals surface area contributed by atoms with Crippen molar-refractivity contribution in [2.24, 2.45) is 0 Å². The van der Waals surface area contributed by atoms with E-state index in [2.05, 4.69) is 64.0 Å². The van der Waals surface area contributed by atoms with Crippen LogP contribution in [0.1, 0.15) is 71.3 Å². The number of aryl methyl sites for hydroxylation is 1. The van der Waals surface area contributed by atoms with Gasteiger partial charge in [-0.1, -0.05) is 74.4 Å². The quantitative estimate of drug-likeness (QED) is 0.328. The van der Waals surface area contributed by atoms with Gasteiger partial charge in [-0.15, -0.1) is 0 Å². The second-order valence-electron chi connectivity index (χ2n) is 9.49. The van der Waals surface area contributed by atoms with Crippen molar-refractivity contribution >= 4 is 16.1 Å². The molecule has 0 atom stereocenters. The zero-order valence-corrected chi connectivity index (χ0v) is 23.2. The topological polar surface area (TPSA) is 44.1 Å². The molecule has 0 N–H and O–H groups in total. The molecule has 3 rings (SSSR count). The highest BCUT2D eigenvalue weighted by atomic mass is 32.3. The lowest BCUT2D eigenvalue weighted by atomic mass is 10.0. The van der Waals surface area contributed by atoms with Crippen molar-refractivity contribution in [3.05, 3.63) is 77.6 Å². The highest BCUT2D eigenvalue weighted by Gasteiger charge is 2.41. The Morgan fingerprint density at radius 1 is 0.941 bits per heavy atom. The number of ketones is 1. The van der Waals surface area contributed by atoms with Crippen molar-refractivity contribution in [3.8, 4) is 0 Å². The van der Waals surface area contributed by atoms with Crippen LogP contribution >= 0.6 is 10.3 Å². The van der Waals surface area contributed by atoms with Gasteiger partial charge in [0, 0.05) is 20.2 Å². The predicted octanol–water partition coefficient (Wildman–Crippen LogP) is 7.87. The third kappa shape index (κ3) is 5.81. The molecular weight excluding hydrogens is 440 g/mol. The smallest absolute Gasteiger partial charge is 0.181 e. The average Bonchev–Trinajstić information content (AvgIpc) is 3.08. The van der Waals surface area contributed by atoms with Gasteiger partial charge in [-0.3, -0.25) is 9.48 Å². The summed E-state index contributed by atoms with van der Waals surface area (Å²) in [6.07, 6.45) is 0. The second-order valence-corrected chi connectivity index (χ2v) is 13.0. The molecule has 3 aromatic rings. The van der Waals surface area contributed by atoms with E-state index in [0.29, 0.717) is 5.92 Å². The number of hydrogen-bond donors (Lipinski definition) is 0. The molecule has 0 bridgehead atoms. The largest absolute Gasteiger partial charge is 0.320 e. The average molecular weight is 483 g/mol. The molecule has 0 radical (unpaired) electrons. The normalized spacial score (nSPS) is 12.3. The van der Waals surface area contributed by atoms with E-state index in [4.69, 9.17) is 4.18 Å². The van der Waals surface area contributed by atoms with Crippen molar-refractivity contribution in [2.75, 3.05) is 6.61 Å². The molecule has 5 heteroatoms. The van der Waals surface area contributed by atoms with E-state index in [0.717, 1.165) is 21.2 Å². The Kier molecular flexibility index (Phi) is 9.72. The maximum atomic E-state index is 13.1. The highest BCUT2D eigenvalue weighted by molar-refractivity contribution is 8.31. The molecule has 4 nitrogen and oxygen atoms in total. The van der Waals surface area contributed by atoms with Crippen LogP contribution in [-0.2, 0) is 15.5 Å². The van der Waals surface area contributed by atoms with E-state index in [1.165, 1.54) is 5.56 Å². The minimum Gasteiger partial charge on any atom is -0.320 e. The third-order valence-electron chi connectivity index (χ3n) is 5.75. The van der Waals surface area contributed by atoms with Gasteiger partial charge in [0.2, 0.25) is 0 Å². The summed E-state index contributed by atoms with van der Waals surface area (Å²) in [5.41, 5.74) is 3.28. The number of carbonyl (C=O) groups is 1. The first kappa shape index (κ1) is 27.9. The fourth-order valence-corrected chi connectivity index (χ4v) is 8.15. The molecule has 0 aliphatic rings. The number of hydrogen-bond acceptors (Lipinski definition) is 3. The summed E-state index contributed by atoms with van der Waals surface area (Å²) in [5, 5.41) is 4.63. The van der Waals surface area contributed by atoms with Gasteiger partial charge in [0.05, 0.1) is 5.69 Å². The summed E-state index contributed by atoms with van der Waals surface area (Å²) in [6.45, 7) is 19.2. The molecule has 0 amide bonds. The number of benzene rings is 2. The van der Waals surface area contributed by atoms with Gasteiger partial charge in [-0.25, -0.2) is 0 Å². The third-order valence-corrected chi connectivity index (χ3v) is 9.82. The predicted molar refractivity (Wildman–Crippen MR) is 145 cm³/mol. The molecule has 1 heterocycles. The van der Waals surface area contributed by atoms with Crippen LogP contribution in [0, 0.1) is 13.8 Å². The van der Waals surface area contributed by atoms with E-state index < -0.39 is 10.3 Å². The van der Waals surface area contributed by atoms with Crippen LogP contribution in [-0.4, -0.2) is 26.9 Å². The van der Waals surface area contributed by atoms with Crippen LogP contribution in [0.2, 0.25) is 0 Å². The number of Topliss-reactive ketones (excluding diaryl/α,β-unsaturated/α-hetero) is 1. The summed E-state index contributed by atoms with van der Waals surface area (Å²) in [5.74, 6) is 0.406. The maximum absolute atomic E-state index is 13.1. The first-order valence-electron chi connectivity index (χ1n) is 12.2. The van der Waals surface area contributed by atoms with Crippen molar-refractivity contribution in [3.63, 3.8) is 0 Å². The molecule has 0 saturated carbocycles.